The normalized spacial score (nSPS) is 18.3. The highest BCUT2D eigenvalue weighted by molar-refractivity contribution is 9.10. The van der Waals surface area contributed by atoms with E-state index in [0.29, 0.717) is 6.04 Å². The molecule has 90 valence electrons. The van der Waals surface area contributed by atoms with Crippen molar-refractivity contribution >= 4 is 28.3 Å². The molecule has 0 unspecified atom stereocenters. The van der Waals surface area contributed by atoms with Crippen LogP contribution in [0.3, 0.4) is 0 Å². The predicted molar refractivity (Wildman–Crippen MR) is 69.9 cm³/mol. The standard InChI is InChI=1S/C11H14BrNO2.ClH/c1-14-10-5-7(9-3-4-13-9)8(12)6-11(10)15-2;/h5-6,9,13H,3-4H2,1-2H3;1H/t9-;/m0./s1. The molecule has 0 saturated carbocycles. The van der Waals surface area contributed by atoms with Crippen LogP contribution in [0.2, 0.25) is 0 Å². The van der Waals surface area contributed by atoms with Crippen molar-refractivity contribution in [2.45, 2.75) is 12.5 Å². The van der Waals surface area contributed by atoms with E-state index in [1.165, 1.54) is 12.0 Å². The quantitative estimate of drug-likeness (QED) is 0.931. The van der Waals surface area contributed by atoms with Crippen LogP contribution in [0.25, 0.3) is 0 Å². The lowest BCUT2D eigenvalue weighted by atomic mass is 9.98. The number of halogens is 2. The van der Waals surface area contributed by atoms with Crippen LogP contribution in [0, 0.1) is 0 Å². The molecule has 0 radical (unpaired) electrons. The number of rotatable bonds is 3. The van der Waals surface area contributed by atoms with Gasteiger partial charge in [-0.05, 0) is 30.7 Å². The Morgan fingerprint density at radius 2 is 1.81 bits per heavy atom. The largest absolute Gasteiger partial charge is 0.493 e. The molecule has 1 saturated heterocycles. The molecule has 5 heteroatoms. The van der Waals surface area contributed by atoms with E-state index in [0.717, 1.165) is 22.5 Å². The second kappa shape index (κ2) is 5.75. The summed E-state index contributed by atoms with van der Waals surface area (Å²) < 4.78 is 11.6. The van der Waals surface area contributed by atoms with Crippen molar-refractivity contribution in [1.82, 2.24) is 5.32 Å². The van der Waals surface area contributed by atoms with Gasteiger partial charge in [0.15, 0.2) is 11.5 Å². The Hall–Kier alpha value is -0.450. The van der Waals surface area contributed by atoms with E-state index < -0.39 is 0 Å². The Balaban J connectivity index is 0.00000128. The maximum Gasteiger partial charge on any atom is 0.161 e. The fraction of sp³-hybridized carbons (Fsp3) is 0.455. The van der Waals surface area contributed by atoms with E-state index in [9.17, 15) is 0 Å². The van der Waals surface area contributed by atoms with Gasteiger partial charge in [-0.2, -0.15) is 0 Å². The lowest BCUT2D eigenvalue weighted by molar-refractivity contribution is 0.348. The summed E-state index contributed by atoms with van der Waals surface area (Å²) in [4.78, 5) is 0. The van der Waals surface area contributed by atoms with Gasteiger partial charge in [0.1, 0.15) is 0 Å². The van der Waals surface area contributed by atoms with Crippen LogP contribution >= 0.6 is 28.3 Å². The zero-order valence-corrected chi connectivity index (χ0v) is 11.7. The van der Waals surface area contributed by atoms with Gasteiger partial charge in [-0.15, -0.1) is 12.4 Å². The van der Waals surface area contributed by atoms with Crippen molar-refractivity contribution < 1.29 is 9.47 Å². The number of ether oxygens (including phenoxy) is 2. The van der Waals surface area contributed by atoms with Crippen LogP contribution in [0.15, 0.2) is 16.6 Å². The van der Waals surface area contributed by atoms with Gasteiger partial charge < -0.3 is 14.8 Å². The van der Waals surface area contributed by atoms with Crippen molar-refractivity contribution in [1.29, 1.82) is 0 Å². The van der Waals surface area contributed by atoms with Crippen molar-refractivity contribution in [3.05, 3.63) is 22.2 Å². The van der Waals surface area contributed by atoms with E-state index >= 15 is 0 Å². The summed E-state index contributed by atoms with van der Waals surface area (Å²) in [6.07, 6.45) is 1.17. The van der Waals surface area contributed by atoms with E-state index in [4.69, 9.17) is 9.47 Å². The number of benzene rings is 1. The third-order valence-electron chi connectivity index (χ3n) is 2.70. The second-order valence-corrected chi connectivity index (χ2v) is 4.38. The van der Waals surface area contributed by atoms with Crippen molar-refractivity contribution in [3.63, 3.8) is 0 Å². The van der Waals surface area contributed by atoms with E-state index in [2.05, 4.69) is 21.2 Å². The lowest BCUT2D eigenvalue weighted by Gasteiger charge is -2.29. The van der Waals surface area contributed by atoms with Gasteiger partial charge in [0, 0.05) is 10.5 Å². The van der Waals surface area contributed by atoms with Gasteiger partial charge >= 0.3 is 0 Å². The number of hydrogen-bond donors (Lipinski definition) is 1. The first kappa shape index (κ1) is 13.6. The first-order chi connectivity index (χ1) is 7.26. The van der Waals surface area contributed by atoms with Crippen molar-refractivity contribution in [2.24, 2.45) is 0 Å². The molecule has 0 spiro atoms. The Morgan fingerprint density at radius 1 is 1.25 bits per heavy atom. The molecule has 1 aromatic carbocycles. The minimum absolute atomic E-state index is 0. The number of hydrogen-bond acceptors (Lipinski definition) is 3. The number of methoxy groups -OCH3 is 2. The van der Waals surface area contributed by atoms with E-state index in [1.54, 1.807) is 14.2 Å². The van der Waals surface area contributed by atoms with Gasteiger partial charge in [-0.1, -0.05) is 15.9 Å². The maximum atomic E-state index is 5.28. The van der Waals surface area contributed by atoms with Crippen LogP contribution in [0.4, 0.5) is 0 Å². The molecule has 1 heterocycles. The van der Waals surface area contributed by atoms with Gasteiger partial charge in [0.2, 0.25) is 0 Å². The molecule has 0 bridgehead atoms. The fourth-order valence-corrected chi connectivity index (χ4v) is 2.29. The molecule has 1 aliphatic rings. The molecule has 0 aliphatic carbocycles. The summed E-state index contributed by atoms with van der Waals surface area (Å²) in [5.74, 6) is 1.54. The van der Waals surface area contributed by atoms with Crippen LogP contribution in [0.1, 0.15) is 18.0 Å². The monoisotopic (exact) mass is 307 g/mol. The zero-order valence-electron chi connectivity index (χ0n) is 9.25. The average molecular weight is 309 g/mol. The summed E-state index contributed by atoms with van der Waals surface area (Å²) >= 11 is 3.55. The molecule has 1 aliphatic heterocycles. The van der Waals surface area contributed by atoms with Crippen molar-refractivity contribution in [3.8, 4) is 11.5 Å². The zero-order chi connectivity index (χ0) is 10.8. The third kappa shape index (κ3) is 2.44. The maximum absolute atomic E-state index is 5.28. The topological polar surface area (TPSA) is 30.5 Å². The minimum Gasteiger partial charge on any atom is -0.493 e. The molecular weight excluding hydrogens is 293 g/mol. The molecule has 1 aromatic rings. The van der Waals surface area contributed by atoms with Gasteiger partial charge in [-0.25, -0.2) is 0 Å². The van der Waals surface area contributed by atoms with Crippen LogP contribution < -0.4 is 14.8 Å². The lowest BCUT2D eigenvalue weighted by Crippen LogP contribution is -2.35. The van der Waals surface area contributed by atoms with Gasteiger partial charge in [-0.3, -0.25) is 0 Å². The molecule has 3 nitrogen and oxygen atoms in total. The average Bonchev–Trinajstić information content (AvgIpc) is 2.17. The van der Waals surface area contributed by atoms with E-state index in [-0.39, 0.29) is 12.4 Å². The van der Waals surface area contributed by atoms with Crippen LogP contribution in [0.5, 0.6) is 11.5 Å². The predicted octanol–water partition coefficient (Wildman–Crippen LogP) is 2.92. The molecule has 0 aromatic heterocycles. The Labute approximate surface area is 110 Å². The molecule has 1 atom stereocenters. The summed E-state index contributed by atoms with van der Waals surface area (Å²) in [6.45, 7) is 1.09. The molecular formula is C11H15BrClNO2. The summed E-state index contributed by atoms with van der Waals surface area (Å²) in [6, 6.07) is 4.42. The molecule has 2 rings (SSSR count). The van der Waals surface area contributed by atoms with E-state index in [1.807, 2.05) is 12.1 Å². The fourth-order valence-electron chi connectivity index (χ4n) is 1.69. The Bertz CT molecular complexity index is 369. The highest BCUT2D eigenvalue weighted by Crippen LogP contribution is 2.38. The first-order valence-electron chi connectivity index (χ1n) is 4.91. The highest BCUT2D eigenvalue weighted by Gasteiger charge is 2.22. The third-order valence-corrected chi connectivity index (χ3v) is 3.39. The number of nitrogens with one attached hydrogen (secondary N) is 1. The smallest absolute Gasteiger partial charge is 0.161 e. The molecule has 1 N–H and O–H groups in total. The Kier molecular flexibility index (Phi) is 4.89. The van der Waals surface area contributed by atoms with Crippen LogP contribution in [-0.2, 0) is 0 Å². The molecule has 1 fully saturated rings. The summed E-state index contributed by atoms with van der Waals surface area (Å²) in [5.41, 5.74) is 1.24. The highest BCUT2D eigenvalue weighted by atomic mass is 79.9. The van der Waals surface area contributed by atoms with Gasteiger partial charge in [0.25, 0.3) is 0 Å². The summed E-state index contributed by atoms with van der Waals surface area (Å²) in [7, 11) is 3.30. The molecule has 16 heavy (non-hydrogen) atoms. The first-order valence-corrected chi connectivity index (χ1v) is 5.70. The molecule has 0 amide bonds. The van der Waals surface area contributed by atoms with Crippen molar-refractivity contribution in [2.75, 3.05) is 20.8 Å². The Morgan fingerprint density at radius 3 is 2.25 bits per heavy atom. The SMILES string of the molecule is COc1cc(Br)c([C@@H]2CCN2)cc1OC.Cl. The summed E-state index contributed by atoms with van der Waals surface area (Å²) in [5, 5.41) is 3.37. The van der Waals surface area contributed by atoms with Crippen LogP contribution in [-0.4, -0.2) is 20.8 Å². The van der Waals surface area contributed by atoms with Gasteiger partial charge in [0.05, 0.1) is 14.2 Å². The minimum atomic E-state index is 0. The second-order valence-electron chi connectivity index (χ2n) is 3.52.